The second-order valence-electron chi connectivity index (χ2n) is 4.25. The largest absolute Gasteiger partial charge is 0.313 e. The minimum atomic E-state index is 0.824. The zero-order valence-corrected chi connectivity index (χ0v) is 10.9. The van der Waals surface area contributed by atoms with Gasteiger partial charge in [0.15, 0.2) is 5.82 Å². The third kappa shape index (κ3) is 2.24. The van der Waals surface area contributed by atoms with Gasteiger partial charge in [-0.2, -0.15) is 10.2 Å². The molecule has 92 valence electrons. The molecule has 1 N–H and O–H groups in total. The quantitative estimate of drug-likeness (QED) is 0.866. The van der Waals surface area contributed by atoms with E-state index in [4.69, 9.17) is 0 Å². The van der Waals surface area contributed by atoms with Gasteiger partial charge in [0.1, 0.15) is 0 Å². The van der Waals surface area contributed by atoms with Gasteiger partial charge in [0.2, 0.25) is 0 Å². The zero-order chi connectivity index (χ0) is 12.4. The van der Waals surface area contributed by atoms with E-state index in [0.717, 1.165) is 30.2 Å². The highest BCUT2D eigenvalue weighted by atomic mass is 15.4. The van der Waals surface area contributed by atoms with Gasteiger partial charge in [-0.1, -0.05) is 6.92 Å². The molecule has 0 aliphatic heterocycles. The molecule has 0 fully saturated rings. The highest BCUT2D eigenvalue weighted by Gasteiger charge is 2.14. The third-order valence-corrected chi connectivity index (χ3v) is 2.79. The molecular formula is C12H19N5. The Hall–Kier alpha value is -1.62. The van der Waals surface area contributed by atoms with Crippen LogP contribution in [0.4, 0.5) is 0 Å². The topological polar surface area (TPSA) is 47.7 Å². The summed E-state index contributed by atoms with van der Waals surface area (Å²) in [4.78, 5) is 0. The molecule has 0 aromatic carbocycles. The van der Waals surface area contributed by atoms with Crippen LogP contribution in [0.1, 0.15) is 23.7 Å². The molecule has 2 rings (SSSR count). The fourth-order valence-electron chi connectivity index (χ4n) is 1.96. The lowest BCUT2D eigenvalue weighted by atomic mass is 10.2. The highest BCUT2D eigenvalue weighted by molar-refractivity contribution is 5.37. The maximum atomic E-state index is 4.47. The first-order valence-electron chi connectivity index (χ1n) is 5.88. The van der Waals surface area contributed by atoms with Gasteiger partial charge in [0, 0.05) is 25.4 Å². The van der Waals surface area contributed by atoms with E-state index in [1.165, 1.54) is 5.56 Å². The Morgan fingerprint density at radius 1 is 1.35 bits per heavy atom. The molecule has 0 atom stereocenters. The molecule has 0 saturated carbocycles. The predicted molar refractivity (Wildman–Crippen MR) is 67.2 cm³/mol. The predicted octanol–water partition coefficient (Wildman–Crippen LogP) is 1.33. The van der Waals surface area contributed by atoms with Crippen LogP contribution in [0.5, 0.6) is 0 Å². The van der Waals surface area contributed by atoms with Crippen molar-refractivity contribution >= 4 is 0 Å². The molecule has 2 aromatic heterocycles. The molecule has 5 nitrogen and oxygen atoms in total. The Kier molecular flexibility index (Phi) is 3.28. The molecule has 2 aromatic rings. The van der Waals surface area contributed by atoms with E-state index < -0.39 is 0 Å². The molecular weight excluding hydrogens is 214 g/mol. The Morgan fingerprint density at radius 3 is 2.71 bits per heavy atom. The first-order valence-corrected chi connectivity index (χ1v) is 5.88. The number of aromatic nitrogens is 4. The monoisotopic (exact) mass is 233 g/mol. The minimum Gasteiger partial charge on any atom is -0.313 e. The Morgan fingerprint density at radius 2 is 2.12 bits per heavy atom. The van der Waals surface area contributed by atoms with Crippen molar-refractivity contribution in [3.05, 3.63) is 29.2 Å². The van der Waals surface area contributed by atoms with E-state index in [-0.39, 0.29) is 0 Å². The number of hydrogen-bond donors (Lipinski definition) is 1. The van der Waals surface area contributed by atoms with E-state index >= 15 is 0 Å². The minimum absolute atomic E-state index is 0.824. The van der Waals surface area contributed by atoms with Crippen molar-refractivity contribution in [3.63, 3.8) is 0 Å². The van der Waals surface area contributed by atoms with Crippen LogP contribution in [0, 0.1) is 13.8 Å². The summed E-state index contributed by atoms with van der Waals surface area (Å²) in [6.07, 6.45) is 3.88. The molecule has 5 heteroatoms. The fraction of sp³-hybridized carbons (Fsp3) is 0.500. The van der Waals surface area contributed by atoms with Gasteiger partial charge in [-0.05, 0) is 26.0 Å². The van der Waals surface area contributed by atoms with Crippen molar-refractivity contribution in [2.45, 2.75) is 27.3 Å². The normalized spacial score (nSPS) is 11.1. The number of aryl methyl sites for hydroxylation is 3. The number of nitrogens with one attached hydrogen (secondary N) is 1. The summed E-state index contributed by atoms with van der Waals surface area (Å²) in [5.41, 5.74) is 3.41. The van der Waals surface area contributed by atoms with Crippen molar-refractivity contribution in [2.24, 2.45) is 7.05 Å². The summed E-state index contributed by atoms with van der Waals surface area (Å²) in [5, 5.41) is 12.2. The molecule has 0 bridgehead atoms. The summed E-state index contributed by atoms with van der Waals surface area (Å²) in [6, 6.07) is 0. The Bertz CT molecular complexity index is 509. The number of hydrogen-bond acceptors (Lipinski definition) is 3. The van der Waals surface area contributed by atoms with E-state index in [0.29, 0.717) is 0 Å². The maximum absolute atomic E-state index is 4.47. The van der Waals surface area contributed by atoms with Crippen LogP contribution in [-0.4, -0.2) is 26.1 Å². The summed E-state index contributed by atoms with van der Waals surface area (Å²) >= 11 is 0. The second-order valence-corrected chi connectivity index (χ2v) is 4.25. The molecule has 2 heterocycles. The molecule has 0 radical (unpaired) electrons. The van der Waals surface area contributed by atoms with E-state index in [1.807, 2.05) is 42.7 Å². The van der Waals surface area contributed by atoms with E-state index in [9.17, 15) is 0 Å². The van der Waals surface area contributed by atoms with E-state index in [1.54, 1.807) is 0 Å². The molecule has 0 saturated heterocycles. The lowest BCUT2D eigenvalue weighted by Gasteiger charge is -2.06. The van der Waals surface area contributed by atoms with Crippen LogP contribution in [-0.2, 0) is 13.6 Å². The average molecular weight is 233 g/mol. The van der Waals surface area contributed by atoms with Crippen LogP contribution >= 0.6 is 0 Å². The molecule has 0 spiro atoms. The summed E-state index contributed by atoms with van der Waals surface area (Å²) in [5.74, 6) is 1.04. The van der Waals surface area contributed by atoms with Crippen LogP contribution in [0.25, 0.3) is 5.82 Å². The van der Waals surface area contributed by atoms with Crippen LogP contribution in [0.3, 0.4) is 0 Å². The zero-order valence-electron chi connectivity index (χ0n) is 10.9. The molecule has 0 unspecified atom stereocenters. The Labute approximate surface area is 101 Å². The first-order chi connectivity index (χ1) is 8.13. The van der Waals surface area contributed by atoms with Crippen molar-refractivity contribution < 1.29 is 0 Å². The Balaban J connectivity index is 2.44. The average Bonchev–Trinajstić information content (AvgIpc) is 2.80. The van der Waals surface area contributed by atoms with Gasteiger partial charge in [-0.15, -0.1) is 0 Å². The number of nitrogens with zero attached hydrogens (tertiary/aromatic N) is 4. The van der Waals surface area contributed by atoms with Crippen LogP contribution < -0.4 is 5.32 Å². The number of rotatable bonds is 4. The first kappa shape index (κ1) is 11.9. The van der Waals surface area contributed by atoms with Crippen molar-refractivity contribution in [1.29, 1.82) is 0 Å². The van der Waals surface area contributed by atoms with Crippen molar-refractivity contribution in [2.75, 3.05) is 6.54 Å². The molecule has 0 aliphatic carbocycles. The third-order valence-electron chi connectivity index (χ3n) is 2.79. The van der Waals surface area contributed by atoms with Crippen LogP contribution in [0.2, 0.25) is 0 Å². The van der Waals surface area contributed by atoms with Gasteiger partial charge in [0.25, 0.3) is 0 Å². The smallest absolute Gasteiger partial charge is 0.156 e. The summed E-state index contributed by atoms with van der Waals surface area (Å²) < 4.78 is 3.77. The van der Waals surface area contributed by atoms with E-state index in [2.05, 4.69) is 22.4 Å². The highest BCUT2D eigenvalue weighted by Crippen LogP contribution is 2.17. The van der Waals surface area contributed by atoms with Crippen molar-refractivity contribution in [3.8, 4) is 5.82 Å². The standard InChI is InChI=1S/C12H19N5/c1-5-13-7-11-10(3)15-16(4)12(11)17-8-9(2)6-14-17/h6,8,13H,5,7H2,1-4H3. The summed E-state index contributed by atoms with van der Waals surface area (Å²) in [7, 11) is 1.95. The van der Waals surface area contributed by atoms with Gasteiger partial charge in [0.05, 0.1) is 11.9 Å². The fourth-order valence-corrected chi connectivity index (χ4v) is 1.96. The second kappa shape index (κ2) is 4.71. The van der Waals surface area contributed by atoms with Crippen molar-refractivity contribution in [1.82, 2.24) is 24.9 Å². The summed E-state index contributed by atoms with van der Waals surface area (Å²) in [6.45, 7) is 7.95. The van der Waals surface area contributed by atoms with Crippen LogP contribution in [0.15, 0.2) is 12.4 Å². The van der Waals surface area contributed by atoms with Gasteiger partial charge in [-0.25, -0.2) is 4.68 Å². The van der Waals surface area contributed by atoms with Gasteiger partial charge < -0.3 is 5.32 Å². The van der Waals surface area contributed by atoms with Gasteiger partial charge >= 0.3 is 0 Å². The lowest BCUT2D eigenvalue weighted by Crippen LogP contribution is -2.15. The molecule has 0 aliphatic rings. The molecule has 17 heavy (non-hydrogen) atoms. The SMILES string of the molecule is CCNCc1c(C)nn(C)c1-n1cc(C)cn1. The maximum Gasteiger partial charge on any atom is 0.156 e. The van der Waals surface area contributed by atoms with Gasteiger partial charge in [-0.3, -0.25) is 4.68 Å². The lowest BCUT2D eigenvalue weighted by molar-refractivity contribution is 0.680. The molecule has 0 amide bonds.